The molecule has 1 aliphatic carbocycles. The molecule has 1 amide bonds. The average Bonchev–Trinajstić information content (AvgIpc) is 2.93. The second-order valence-corrected chi connectivity index (χ2v) is 5.38. The van der Waals surface area contributed by atoms with Gasteiger partial charge in [0.15, 0.2) is 0 Å². The van der Waals surface area contributed by atoms with Crippen molar-refractivity contribution >= 4 is 28.8 Å². The van der Waals surface area contributed by atoms with E-state index in [1.165, 1.54) is 11.3 Å². The molecule has 1 heterocycles. The number of carbonyl (C=O) groups is 1. The van der Waals surface area contributed by atoms with Crippen LogP contribution in [0.1, 0.15) is 17.7 Å². The number of halogens is 1. The third-order valence-electron chi connectivity index (χ3n) is 2.45. The molecule has 0 aliphatic heterocycles. The number of amides is 1. The van der Waals surface area contributed by atoms with E-state index in [4.69, 9.17) is 16.9 Å². The van der Waals surface area contributed by atoms with E-state index in [1.54, 1.807) is 6.07 Å². The van der Waals surface area contributed by atoms with Crippen LogP contribution in [0.15, 0.2) is 12.1 Å². The fraction of sp³-hybridized carbons (Fsp3) is 0.400. The first-order chi connectivity index (χ1) is 7.16. The van der Waals surface area contributed by atoms with Crippen molar-refractivity contribution in [3.05, 3.63) is 21.3 Å². The molecule has 3 nitrogen and oxygen atoms in total. The number of nitrogens with zero attached hydrogens (tertiary/aromatic N) is 1. The Labute approximate surface area is 96.7 Å². The molecule has 0 aromatic carbocycles. The Bertz CT molecular complexity index is 431. The summed E-state index contributed by atoms with van der Waals surface area (Å²) in [6.45, 7) is 0.458. The van der Waals surface area contributed by atoms with Crippen LogP contribution in [0.2, 0.25) is 4.34 Å². The normalized spacial score (nSPS) is 16.8. The highest BCUT2D eigenvalue weighted by molar-refractivity contribution is 7.16. The van der Waals surface area contributed by atoms with Crippen molar-refractivity contribution < 1.29 is 4.79 Å². The Morgan fingerprint density at radius 2 is 2.40 bits per heavy atom. The van der Waals surface area contributed by atoms with Gasteiger partial charge in [0.1, 0.15) is 5.41 Å². The minimum Gasteiger partial charge on any atom is -0.350 e. The summed E-state index contributed by atoms with van der Waals surface area (Å²) in [5, 5.41) is 11.6. The Hall–Kier alpha value is -1.05. The van der Waals surface area contributed by atoms with Gasteiger partial charge in [-0.15, -0.1) is 11.3 Å². The first kappa shape index (κ1) is 10.5. The highest BCUT2D eigenvalue weighted by Gasteiger charge is 2.50. The summed E-state index contributed by atoms with van der Waals surface area (Å²) in [5.74, 6) is -0.158. The Balaban J connectivity index is 1.89. The van der Waals surface area contributed by atoms with Crippen molar-refractivity contribution in [3.63, 3.8) is 0 Å². The molecule has 2 rings (SSSR count). The van der Waals surface area contributed by atoms with Gasteiger partial charge in [0.25, 0.3) is 0 Å². The van der Waals surface area contributed by atoms with Crippen molar-refractivity contribution in [3.8, 4) is 6.07 Å². The molecule has 0 atom stereocenters. The van der Waals surface area contributed by atoms with E-state index in [-0.39, 0.29) is 5.91 Å². The molecule has 0 bridgehead atoms. The summed E-state index contributed by atoms with van der Waals surface area (Å²) >= 11 is 7.19. The highest BCUT2D eigenvalue weighted by Crippen LogP contribution is 2.45. The zero-order valence-corrected chi connectivity index (χ0v) is 9.49. The predicted octanol–water partition coefficient (Wildman–Crippen LogP) is 2.32. The molecule has 0 unspecified atom stereocenters. The summed E-state index contributed by atoms with van der Waals surface area (Å²) in [6.07, 6.45) is 1.36. The second-order valence-electron chi connectivity index (χ2n) is 3.58. The number of rotatable bonds is 3. The van der Waals surface area contributed by atoms with Crippen molar-refractivity contribution in [1.29, 1.82) is 5.26 Å². The molecule has 1 N–H and O–H groups in total. The molecule has 1 aromatic heterocycles. The first-order valence-electron chi connectivity index (χ1n) is 4.60. The lowest BCUT2D eigenvalue weighted by Gasteiger charge is -2.06. The molecular formula is C10H9ClN2OS. The summed E-state index contributed by atoms with van der Waals surface area (Å²) in [5.41, 5.74) is -0.735. The van der Waals surface area contributed by atoms with Crippen LogP contribution in [0, 0.1) is 16.7 Å². The average molecular weight is 241 g/mol. The van der Waals surface area contributed by atoms with Gasteiger partial charge in [-0.25, -0.2) is 0 Å². The SMILES string of the molecule is N#CC1(C(=O)NCc2ccc(Cl)s2)CC1. The molecule has 1 aliphatic rings. The van der Waals surface area contributed by atoms with E-state index in [0.29, 0.717) is 23.7 Å². The Morgan fingerprint density at radius 3 is 2.87 bits per heavy atom. The van der Waals surface area contributed by atoms with Crippen molar-refractivity contribution in [1.82, 2.24) is 5.32 Å². The Kier molecular flexibility index (Phi) is 2.68. The maximum atomic E-state index is 11.6. The van der Waals surface area contributed by atoms with Crippen LogP contribution < -0.4 is 5.32 Å². The molecule has 5 heteroatoms. The number of nitriles is 1. The van der Waals surface area contributed by atoms with Crippen LogP contribution >= 0.6 is 22.9 Å². The van der Waals surface area contributed by atoms with Gasteiger partial charge in [-0.05, 0) is 25.0 Å². The molecule has 0 radical (unpaired) electrons. The fourth-order valence-electron chi connectivity index (χ4n) is 1.30. The van der Waals surface area contributed by atoms with Gasteiger partial charge in [0.05, 0.1) is 17.0 Å². The van der Waals surface area contributed by atoms with Crippen molar-refractivity contribution in [2.75, 3.05) is 0 Å². The lowest BCUT2D eigenvalue weighted by Crippen LogP contribution is -2.30. The largest absolute Gasteiger partial charge is 0.350 e. The van der Waals surface area contributed by atoms with Crippen LogP contribution in [0.25, 0.3) is 0 Å². The van der Waals surface area contributed by atoms with Gasteiger partial charge in [-0.1, -0.05) is 11.6 Å². The maximum Gasteiger partial charge on any atom is 0.240 e. The topological polar surface area (TPSA) is 52.9 Å². The fourth-order valence-corrected chi connectivity index (χ4v) is 2.33. The monoisotopic (exact) mass is 240 g/mol. The van der Waals surface area contributed by atoms with Gasteiger partial charge in [0.2, 0.25) is 5.91 Å². The van der Waals surface area contributed by atoms with Crippen LogP contribution in [-0.2, 0) is 11.3 Å². The van der Waals surface area contributed by atoms with Crippen LogP contribution in [-0.4, -0.2) is 5.91 Å². The molecule has 15 heavy (non-hydrogen) atoms. The smallest absolute Gasteiger partial charge is 0.240 e. The summed E-state index contributed by atoms with van der Waals surface area (Å²) in [7, 11) is 0. The van der Waals surface area contributed by atoms with E-state index < -0.39 is 5.41 Å². The molecule has 0 saturated heterocycles. The van der Waals surface area contributed by atoms with Gasteiger partial charge >= 0.3 is 0 Å². The Morgan fingerprint density at radius 1 is 1.67 bits per heavy atom. The summed E-state index contributed by atoms with van der Waals surface area (Å²) in [6, 6.07) is 5.73. The first-order valence-corrected chi connectivity index (χ1v) is 5.79. The third kappa shape index (κ3) is 2.14. The second kappa shape index (κ2) is 3.84. The molecule has 1 saturated carbocycles. The number of nitrogens with one attached hydrogen (secondary N) is 1. The van der Waals surface area contributed by atoms with E-state index in [1.807, 2.05) is 6.07 Å². The molecule has 0 spiro atoms. The zero-order valence-electron chi connectivity index (χ0n) is 7.92. The zero-order chi connectivity index (χ0) is 10.9. The maximum absolute atomic E-state index is 11.6. The quantitative estimate of drug-likeness (QED) is 0.882. The van der Waals surface area contributed by atoms with Crippen molar-refractivity contribution in [2.45, 2.75) is 19.4 Å². The van der Waals surface area contributed by atoms with E-state index in [0.717, 1.165) is 4.88 Å². The van der Waals surface area contributed by atoms with Gasteiger partial charge in [-0.3, -0.25) is 4.79 Å². The molecule has 1 aromatic rings. The van der Waals surface area contributed by atoms with Gasteiger partial charge in [-0.2, -0.15) is 5.26 Å². The van der Waals surface area contributed by atoms with Gasteiger partial charge < -0.3 is 5.32 Å². The van der Waals surface area contributed by atoms with E-state index in [2.05, 4.69) is 11.4 Å². The third-order valence-corrected chi connectivity index (χ3v) is 3.68. The molecule has 78 valence electrons. The molecule has 1 fully saturated rings. The van der Waals surface area contributed by atoms with Crippen LogP contribution in [0.4, 0.5) is 0 Å². The number of carbonyl (C=O) groups excluding carboxylic acids is 1. The highest BCUT2D eigenvalue weighted by atomic mass is 35.5. The van der Waals surface area contributed by atoms with E-state index in [9.17, 15) is 4.79 Å². The van der Waals surface area contributed by atoms with E-state index >= 15 is 0 Å². The lowest BCUT2D eigenvalue weighted by atomic mass is 10.1. The standard InChI is InChI=1S/C10H9ClN2OS/c11-8-2-1-7(15-8)5-13-9(14)10(6-12)3-4-10/h1-2H,3-5H2,(H,13,14). The number of hydrogen-bond acceptors (Lipinski definition) is 3. The minimum absolute atomic E-state index is 0.158. The number of hydrogen-bond donors (Lipinski definition) is 1. The molecular weight excluding hydrogens is 232 g/mol. The minimum atomic E-state index is -0.735. The van der Waals surface area contributed by atoms with Crippen molar-refractivity contribution in [2.24, 2.45) is 5.41 Å². The van der Waals surface area contributed by atoms with Gasteiger partial charge in [0, 0.05) is 4.88 Å². The van der Waals surface area contributed by atoms with Crippen LogP contribution in [0.3, 0.4) is 0 Å². The lowest BCUT2D eigenvalue weighted by molar-refractivity contribution is -0.124. The van der Waals surface area contributed by atoms with Crippen LogP contribution in [0.5, 0.6) is 0 Å². The summed E-state index contributed by atoms with van der Waals surface area (Å²) < 4.78 is 0.709. The number of thiophene rings is 1. The predicted molar refractivity (Wildman–Crippen MR) is 58.5 cm³/mol. The summed E-state index contributed by atoms with van der Waals surface area (Å²) in [4.78, 5) is 12.6.